The molecule has 0 aromatic heterocycles. The molecule has 0 aromatic rings. The Bertz CT molecular complexity index is 558. The fourth-order valence-corrected chi connectivity index (χ4v) is 2.95. The Labute approximate surface area is 180 Å². The Balaban J connectivity index is 0. The van der Waals surface area contributed by atoms with Gasteiger partial charge in [0.25, 0.3) is 0 Å². The number of hydrogen-bond donors (Lipinski definition) is 1. The Morgan fingerprint density at radius 1 is 0.929 bits per heavy atom. The second kappa shape index (κ2) is 17.8. The molecule has 0 unspecified atom stereocenters. The lowest BCUT2D eigenvalue weighted by atomic mass is 9.90. The number of allylic oxidation sites excluding steroid dienone is 8. The van der Waals surface area contributed by atoms with Gasteiger partial charge in [-0.3, -0.25) is 0 Å². The standard InChI is InChI=1S/C12H20.C9H13N.C3H5Cl.C2H6/c1-10(2)12-9-7-5-4-6-8-11(12)3;1-7-3-4-8(2)6-9(10)5-7;1-3(2)4;1-2/h3-9H2,1-2H3;3-6,9H,10H2,1-2H3;1H2,2H3;1-2H3. The van der Waals surface area contributed by atoms with Crippen molar-refractivity contribution in [3.8, 4) is 0 Å². The van der Waals surface area contributed by atoms with Gasteiger partial charge in [-0.05, 0) is 65.9 Å². The molecule has 1 fully saturated rings. The van der Waals surface area contributed by atoms with Gasteiger partial charge in [0.1, 0.15) is 0 Å². The van der Waals surface area contributed by atoms with Crippen molar-refractivity contribution in [1.82, 2.24) is 0 Å². The van der Waals surface area contributed by atoms with Crippen molar-refractivity contribution in [3.05, 3.63) is 70.4 Å². The maximum absolute atomic E-state index is 5.72. The first-order chi connectivity index (χ1) is 13.1. The van der Waals surface area contributed by atoms with Crippen LogP contribution in [0.5, 0.6) is 0 Å². The van der Waals surface area contributed by atoms with Crippen LogP contribution in [0, 0.1) is 0 Å². The third-order valence-electron chi connectivity index (χ3n) is 4.21. The summed E-state index contributed by atoms with van der Waals surface area (Å²) < 4.78 is 0. The summed E-state index contributed by atoms with van der Waals surface area (Å²) >= 11 is 5.08. The van der Waals surface area contributed by atoms with E-state index < -0.39 is 0 Å². The first-order valence-corrected chi connectivity index (χ1v) is 11.0. The van der Waals surface area contributed by atoms with Gasteiger partial charge in [0, 0.05) is 11.1 Å². The minimum Gasteiger partial charge on any atom is -0.321 e. The molecule has 0 radical (unpaired) electrons. The summed E-state index contributed by atoms with van der Waals surface area (Å²) in [6, 6.07) is 0.0926. The fourth-order valence-electron chi connectivity index (χ4n) is 2.95. The zero-order valence-corrected chi connectivity index (χ0v) is 20.3. The van der Waals surface area contributed by atoms with Crippen LogP contribution in [-0.2, 0) is 0 Å². The van der Waals surface area contributed by atoms with Gasteiger partial charge < -0.3 is 5.73 Å². The molecule has 1 saturated carbocycles. The molecular formula is C26H44ClN. The molecule has 2 rings (SSSR count). The lowest BCUT2D eigenvalue weighted by molar-refractivity contribution is 0.612. The average molecular weight is 406 g/mol. The third-order valence-corrected chi connectivity index (χ3v) is 4.21. The van der Waals surface area contributed by atoms with Crippen LogP contribution in [-0.4, -0.2) is 6.04 Å². The highest BCUT2D eigenvalue weighted by Crippen LogP contribution is 2.27. The zero-order valence-electron chi connectivity index (χ0n) is 19.5. The fraction of sp³-hybridized carbons (Fsp3) is 0.538. The minimum atomic E-state index is 0.0926. The van der Waals surface area contributed by atoms with Crippen molar-refractivity contribution in [2.45, 2.75) is 93.0 Å². The normalized spacial score (nSPS) is 16.9. The number of rotatable bonds is 0. The maximum Gasteiger partial charge on any atom is 0.0421 e. The van der Waals surface area contributed by atoms with E-state index in [4.69, 9.17) is 17.3 Å². The molecule has 2 heteroatoms. The molecule has 0 saturated heterocycles. The number of nitrogens with two attached hydrogens (primary N) is 1. The van der Waals surface area contributed by atoms with E-state index in [1.54, 1.807) is 12.5 Å². The van der Waals surface area contributed by atoms with Crippen LogP contribution in [0.25, 0.3) is 0 Å². The Morgan fingerprint density at radius 3 is 1.71 bits per heavy atom. The Hall–Kier alpha value is -1.31. The van der Waals surface area contributed by atoms with E-state index in [9.17, 15) is 0 Å². The van der Waals surface area contributed by atoms with E-state index in [-0.39, 0.29) is 6.04 Å². The summed E-state index contributed by atoms with van der Waals surface area (Å²) in [6.45, 7) is 21.8. The molecule has 0 aromatic carbocycles. The number of halogens is 1. The van der Waals surface area contributed by atoms with Crippen LogP contribution in [0.4, 0.5) is 0 Å². The molecule has 2 aliphatic carbocycles. The molecular weight excluding hydrogens is 362 g/mol. The van der Waals surface area contributed by atoms with Gasteiger partial charge in [-0.2, -0.15) is 0 Å². The molecule has 0 spiro atoms. The molecule has 0 atom stereocenters. The predicted molar refractivity (Wildman–Crippen MR) is 132 cm³/mol. The van der Waals surface area contributed by atoms with Crippen molar-refractivity contribution in [2.24, 2.45) is 5.73 Å². The highest BCUT2D eigenvalue weighted by Gasteiger charge is 2.07. The molecule has 2 N–H and O–H groups in total. The molecule has 0 amide bonds. The van der Waals surface area contributed by atoms with Gasteiger partial charge in [0.05, 0.1) is 0 Å². The molecule has 160 valence electrons. The summed E-state index contributed by atoms with van der Waals surface area (Å²) in [4.78, 5) is 0. The van der Waals surface area contributed by atoms with Crippen LogP contribution in [0.15, 0.2) is 70.4 Å². The minimum absolute atomic E-state index is 0.0926. The molecule has 1 nitrogen and oxygen atoms in total. The third kappa shape index (κ3) is 16.8. The van der Waals surface area contributed by atoms with Crippen LogP contribution in [0.2, 0.25) is 0 Å². The topological polar surface area (TPSA) is 26.0 Å². The van der Waals surface area contributed by atoms with E-state index in [0.717, 1.165) is 0 Å². The Kier molecular flexibility index (Phi) is 18.3. The van der Waals surface area contributed by atoms with E-state index in [1.165, 1.54) is 60.8 Å². The van der Waals surface area contributed by atoms with E-state index in [1.807, 2.05) is 26.0 Å². The lowest BCUT2D eigenvalue weighted by Crippen LogP contribution is -2.13. The summed E-state index contributed by atoms with van der Waals surface area (Å²) in [7, 11) is 0. The SMILES string of the molecule is C=C(C)Cl.C=C1CCCCCCC1=C(C)C.CC.CC1=CC(N)C=C(C)C=C1. The molecule has 2 aliphatic rings. The Morgan fingerprint density at radius 2 is 1.32 bits per heavy atom. The first-order valence-electron chi connectivity index (χ1n) is 10.6. The first kappa shape index (κ1) is 28.9. The van der Waals surface area contributed by atoms with Crippen LogP contribution in [0.3, 0.4) is 0 Å². The predicted octanol–water partition coefficient (Wildman–Crippen LogP) is 8.79. The van der Waals surface area contributed by atoms with Gasteiger partial charge in [-0.1, -0.05) is 98.0 Å². The van der Waals surface area contributed by atoms with Gasteiger partial charge in [0.2, 0.25) is 0 Å². The molecule has 0 bridgehead atoms. The van der Waals surface area contributed by atoms with Crippen molar-refractivity contribution in [1.29, 1.82) is 0 Å². The van der Waals surface area contributed by atoms with Gasteiger partial charge in [-0.15, -0.1) is 0 Å². The second-order valence-electron chi connectivity index (χ2n) is 7.40. The zero-order chi connectivity index (χ0) is 22.1. The van der Waals surface area contributed by atoms with Crippen LogP contribution >= 0.6 is 11.6 Å². The highest BCUT2D eigenvalue weighted by atomic mass is 35.5. The smallest absolute Gasteiger partial charge is 0.0421 e. The molecule has 0 heterocycles. The maximum atomic E-state index is 5.72. The van der Waals surface area contributed by atoms with Crippen molar-refractivity contribution >= 4 is 11.6 Å². The van der Waals surface area contributed by atoms with E-state index in [0.29, 0.717) is 5.03 Å². The monoisotopic (exact) mass is 405 g/mol. The van der Waals surface area contributed by atoms with Gasteiger partial charge in [0.15, 0.2) is 0 Å². The van der Waals surface area contributed by atoms with Crippen molar-refractivity contribution in [2.75, 3.05) is 0 Å². The summed E-state index contributed by atoms with van der Waals surface area (Å²) in [6.07, 6.45) is 16.3. The number of hydrogen-bond acceptors (Lipinski definition) is 1. The molecule has 28 heavy (non-hydrogen) atoms. The summed E-state index contributed by atoms with van der Waals surface area (Å²) in [5, 5.41) is 0.639. The van der Waals surface area contributed by atoms with Crippen molar-refractivity contribution < 1.29 is 0 Å². The average Bonchev–Trinajstić information content (AvgIpc) is 2.72. The van der Waals surface area contributed by atoms with Crippen LogP contribution in [0.1, 0.15) is 87.0 Å². The van der Waals surface area contributed by atoms with E-state index in [2.05, 4.69) is 53.0 Å². The second-order valence-corrected chi connectivity index (χ2v) is 8.05. The lowest BCUT2D eigenvalue weighted by Gasteiger charge is -2.16. The summed E-state index contributed by atoms with van der Waals surface area (Å²) in [5.74, 6) is 0. The summed E-state index contributed by atoms with van der Waals surface area (Å²) in [5.41, 5.74) is 12.6. The van der Waals surface area contributed by atoms with Gasteiger partial charge >= 0.3 is 0 Å². The van der Waals surface area contributed by atoms with Gasteiger partial charge in [-0.25, -0.2) is 0 Å². The molecule has 0 aliphatic heterocycles. The quantitative estimate of drug-likeness (QED) is 0.428. The van der Waals surface area contributed by atoms with E-state index >= 15 is 0 Å². The van der Waals surface area contributed by atoms with Crippen LogP contribution < -0.4 is 5.73 Å². The highest BCUT2D eigenvalue weighted by molar-refractivity contribution is 6.28. The largest absolute Gasteiger partial charge is 0.321 e. The van der Waals surface area contributed by atoms with Crippen molar-refractivity contribution in [3.63, 3.8) is 0 Å².